The minimum atomic E-state index is 0.0902. The van der Waals surface area contributed by atoms with E-state index in [0.29, 0.717) is 12.5 Å². The Morgan fingerprint density at radius 2 is 2.10 bits per heavy atom. The van der Waals surface area contributed by atoms with Crippen LogP contribution >= 0.6 is 0 Å². The quantitative estimate of drug-likeness (QED) is 0.781. The normalized spacial score (nSPS) is 27.0. The van der Waals surface area contributed by atoms with Gasteiger partial charge in [0.15, 0.2) is 0 Å². The van der Waals surface area contributed by atoms with Gasteiger partial charge >= 0.3 is 6.03 Å². The van der Waals surface area contributed by atoms with E-state index in [1.165, 1.54) is 12.8 Å². The smallest absolute Gasteiger partial charge is 0.317 e. The second-order valence-corrected chi connectivity index (χ2v) is 6.69. The minimum absolute atomic E-state index is 0.0902. The third-order valence-corrected chi connectivity index (χ3v) is 4.56. The number of urea groups is 1. The minimum Gasteiger partial charge on any atom is -0.374 e. The molecule has 1 saturated heterocycles. The van der Waals surface area contributed by atoms with E-state index in [2.05, 4.69) is 29.4 Å². The maximum atomic E-state index is 12.5. The summed E-state index contributed by atoms with van der Waals surface area (Å²) in [6.45, 7) is 4.27. The van der Waals surface area contributed by atoms with Crippen molar-refractivity contribution in [3.05, 3.63) is 12.2 Å². The molecule has 118 valence electrons. The van der Waals surface area contributed by atoms with Crippen molar-refractivity contribution in [3.63, 3.8) is 0 Å². The van der Waals surface area contributed by atoms with Gasteiger partial charge in [-0.1, -0.05) is 12.2 Å². The molecule has 1 heterocycles. The number of hydrogen-bond donors (Lipinski definition) is 1. The molecular weight excluding hydrogens is 266 g/mol. The zero-order chi connectivity index (χ0) is 14.7. The van der Waals surface area contributed by atoms with E-state index in [-0.39, 0.29) is 18.2 Å². The maximum Gasteiger partial charge on any atom is 0.317 e. The molecule has 0 aromatic carbocycles. The number of likely N-dealkylation sites (N-methyl/N-ethyl adjacent to an activating group) is 1. The van der Waals surface area contributed by atoms with Gasteiger partial charge in [-0.25, -0.2) is 4.79 Å². The van der Waals surface area contributed by atoms with Crippen molar-refractivity contribution in [2.24, 2.45) is 5.92 Å². The predicted molar refractivity (Wildman–Crippen MR) is 82.2 cm³/mol. The molecule has 0 unspecified atom stereocenters. The van der Waals surface area contributed by atoms with Crippen LogP contribution in [-0.4, -0.2) is 67.8 Å². The molecule has 5 nitrogen and oxygen atoms in total. The molecule has 5 heteroatoms. The lowest BCUT2D eigenvalue weighted by Gasteiger charge is -2.34. The van der Waals surface area contributed by atoms with E-state index in [1.54, 1.807) is 0 Å². The van der Waals surface area contributed by atoms with Crippen LogP contribution in [0.25, 0.3) is 0 Å². The first-order chi connectivity index (χ1) is 10.2. The molecule has 1 saturated carbocycles. The number of ether oxygens (including phenoxy) is 1. The molecule has 1 aliphatic heterocycles. The summed E-state index contributed by atoms with van der Waals surface area (Å²) in [4.78, 5) is 16.8. The van der Waals surface area contributed by atoms with Crippen LogP contribution in [0.4, 0.5) is 4.79 Å². The average molecular weight is 293 g/mol. The van der Waals surface area contributed by atoms with Gasteiger partial charge in [-0.2, -0.15) is 0 Å². The van der Waals surface area contributed by atoms with Gasteiger partial charge in [0.25, 0.3) is 0 Å². The molecule has 2 amide bonds. The fourth-order valence-corrected chi connectivity index (χ4v) is 3.08. The van der Waals surface area contributed by atoms with Crippen LogP contribution < -0.4 is 5.32 Å². The van der Waals surface area contributed by atoms with Gasteiger partial charge in [0.2, 0.25) is 0 Å². The molecule has 0 spiro atoms. The van der Waals surface area contributed by atoms with Gasteiger partial charge in [-0.05, 0) is 38.6 Å². The molecule has 3 rings (SSSR count). The van der Waals surface area contributed by atoms with Crippen molar-refractivity contribution in [1.29, 1.82) is 0 Å². The highest BCUT2D eigenvalue weighted by Crippen LogP contribution is 2.30. The van der Waals surface area contributed by atoms with Crippen molar-refractivity contribution in [2.45, 2.75) is 37.8 Å². The van der Waals surface area contributed by atoms with E-state index in [0.717, 1.165) is 39.1 Å². The Bertz CT molecular complexity index is 387. The Morgan fingerprint density at radius 1 is 1.33 bits per heavy atom. The van der Waals surface area contributed by atoms with Crippen LogP contribution in [0.1, 0.15) is 25.7 Å². The van der Waals surface area contributed by atoms with Gasteiger partial charge in [-0.15, -0.1) is 0 Å². The van der Waals surface area contributed by atoms with Crippen LogP contribution in [0.2, 0.25) is 0 Å². The third-order valence-electron chi connectivity index (χ3n) is 4.56. The van der Waals surface area contributed by atoms with Gasteiger partial charge < -0.3 is 19.9 Å². The van der Waals surface area contributed by atoms with Crippen LogP contribution in [-0.2, 0) is 4.74 Å². The van der Waals surface area contributed by atoms with Gasteiger partial charge in [0.1, 0.15) is 0 Å². The Labute approximate surface area is 127 Å². The van der Waals surface area contributed by atoms with Crippen molar-refractivity contribution in [3.8, 4) is 0 Å². The van der Waals surface area contributed by atoms with Crippen molar-refractivity contribution in [1.82, 2.24) is 15.1 Å². The summed E-state index contributed by atoms with van der Waals surface area (Å²) < 4.78 is 5.83. The van der Waals surface area contributed by atoms with Crippen LogP contribution in [0.15, 0.2) is 12.2 Å². The predicted octanol–water partition coefficient (Wildman–Crippen LogP) is 1.46. The van der Waals surface area contributed by atoms with Gasteiger partial charge in [-0.3, -0.25) is 0 Å². The van der Waals surface area contributed by atoms with E-state index >= 15 is 0 Å². The summed E-state index contributed by atoms with van der Waals surface area (Å²) in [5, 5.41) is 3.17. The zero-order valence-corrected chi connectivity index (χ0v) is 13.0. The second-order valence-electron chi connectivity index (χ2n) is 6.69. The number of nitrogens with one attached hydrogen (secondary N) is 1. The first-order valence-corrected chi connectivity index (χ1v) is 8.21. The van der Waals surface area contributed by atoms with E-state index in [9.17, 15) is 4.79 Å². The molecule has 3 aliphatic rings. The first-order valence-electron chi connectivity index (χ1n) is 8.21. The van der Waals surface area contributed by atoms with E-state index in [4.69, 9.17) is 4.74 Å². The van der Waals surface area contributed by atoms with Crippen molar-refractivity contribution >= 4 is 6.03 Å². The number of rotatable bonds is 5. The molecule has 2 aliphatic carbocycles. The molecule has 0 aromatic rings. The maximum absolute atomic E-state index is 12.5. The number of carbonyl (C=O) groups excluding carboxylic acids is 1. The van der Waals surface area contributed by atoms with E-state index < -0.39 is 0 Å². The topological polar surface area (TPSA) is 44.8 Å². The lowest BCUT2D eigenvalue weighted by molar-refractivity contribution is -0.0309. The first kappa shape index (κ1) is 14.9. The summed E-state index contributed by atoms with van der Waals surface area (Å²) in [6.07, 6.45) is 8.90. The van der Waals surface area contributed by atoms with Crippen LogP contribution in [0.3, 0.4) is 0 Å². The van der Waals surface area contributed by atoms with Crippen molar-refractivity contribution in [2.75, 3.05) is 39.8 Å². The highest BCUT2D eigenvalue weighted by Gasteiger charge is 2.30. The Balaban J connectivity index is 1.52. The fraction of sp³-hybridized carbons (Fsp3) is 0.812. The lowest BCUT2D eigenvalue weighted by atomic mass is 10.2. The SMILES string of the molecule is CN1CCO[C@@H](CN(CC2CC2)C(=O)NC2CC=CC2)C1. The average Bonchev–Trinajstić information content (AvgIpc) is 3.13. The third kappa shape index (κ3) is 4.45. The van der Waals surface area contributed by atoms with Crippen LogP contribution in [0, 0.1) is 5.92 Å². The van der Waals surface area contributed by atoms with Gasteiger partial charge in [0.05, 0.1) is 12.7 Å². The number of nitrogens with zero attached hydrogens (tertiary/aromatic N) is 2. The number of hydrogen-bond acceptors (Lipinski definition) is 3. The molecule has 0 bridgehead atoms. The molecule has 21 heavy (non-hydrogen) atoms. The molecule has 0 aromatic heterocycles. The largest absolute Gasteiger partial charge is 0.374 e. The molecule has 2 fully saturated rings. The summed E-state index contributed by atoms with van der Waals surface area (Å²) in [5.74, 6) is 0.707. The number of morpholine rings is 1. The van der Waals surface area contributed by atoms with E-state index in [1.807, 2.05) is 4.90 Å². The Hall–Kier alpha value is -1.07. The molecule has 0 radical (unpaired) electrons. The highest BCUT2D eigenvalue weighted by atomic mass is 16.5. The van der Waals surface area contributed by atoms with Crippen molar-refractivity contribution < 1.29 is 9.53 Å². The zero-order valence-electron chi connectivity index (χ0n) is 13.0. The van der Waals surface area contributed by atoms with Gasteiger partial charge in [0, 0.05) is 32.2 Å². The second kappa shape index (κ2) is 6.79. The molecular formula is C16H27N3O2. The lowest BCUT2D eigenvalue weighted by Crippen LogP contribution is -2.51. The summed E-state index contributed by atoms with van der Waals surface area (Å²) in [5.41, 5.74) is 0. The summed E-state index contributed by atoms with van der Waals surface area (Å²) >= 11 is 0. The summed E-state index contributed by atoms with van der Waals surface area (Å²) in [7, 11) is 2.12. The standard InChI is InChI=1S/C16H27N3O2/c1-18-8-9-21-15(11-18)12-19(10-13-6-7-13)16(20)17-14-4-2-3-5-14/h2-3,13-15H,4-12H2,1H3,(H,17,20)/t15-/m1/s1. The highest BCUT2D eigenvalue weighted by molar-refractivity contribution is 5.74. The molecule has 1 atom stereocenters. The Morgan fingerprint density at radius 3 is 2.76 bits per heavy atom. The number of amides is 2. The Kier molecular flexibility index (Phi) is 4.80. The number of carbonyl (C=O) groups is 1. The summed E-state index contributed by atoms with van der Waals surface area (Å²) in [6, 6.07) is 0.376. The molecule has 1 N–H and O–H groups in total. The fourth-order valence-electron chi connectivity index (χ4n) is 3.08. The van der Waals surface area contributed by atoms with Crippen LogP contribution in [0.5, 0.6) is 0 Å². The monoisotopic (exact) mass is 293 g/mol.